The summed E-state index contributed by atoms with van der Waals surface area (Å²) in [7, 11) is 0. The average molecular weight is 324 g/mol. The van der Waals surface area contributed by atoms with Crippen molar-refractivity contribution in [2.45, 2.75) is 0 Å². The van der Waals surface area contributed by atoms with Gasteiger partial charge in [0, 0.05) is 6.07 Å². The smallest absolute Gasteiger partial charge is 0.258 e. The summed E-state index contributed by atoms with van der Waals surface area (Å²) in [5, 5.41) is 2.61. The third-order valence-corrected chi connectivity index (χ3v) is 2.99. The Bertz CT molecular complexity index is 622. The summed E-state index contributed by atoms with van der Waals surface area (Å²) in [6, 6.07) is 13.2. The van der Waals surface area contributed by atoms with Gasteiger partial charge in [0.2, 0.25) is 0 Å². The minimum atomic E-state index is -0.531. The molecule has 0 spiro atoms. The lowest BCUT2D eigenvalue weighted by Gasteiger charge is -2.09. The van der Waals surface area contributed by atoms with Gasteiger partial charge in [0.25, 0.3) is 5.91 Å². The number of nitrogens with one attached hydrogen (secondary N) is 1. The van der Waals surface area contributed by atoms with E-state index < -0.39 is 5.82 Å². The van der Waals surface area contributed by atoms with Crippen LogP contribution >= 0.6 is 11.6 Å². The molecule has 4 nitrogen and oxygen atoms in total. The SMILES string of the molecule is O=C(COc1ccc(F)c(Cl)c1)NCCOc1ccccc1. The molecule has 0 aliphatic carbocycles. The molecule has 1 amide bonds. The van der Waals surface area contributed by atoms with E-state index in [0.717, 1.165) is 5.75 Å². The Hall–Kier alpha value is -2.27. The monoisotopic (exact) mass is 323 g/mol. The predicted octanol–water partition coefficient (Wildman–Crippen LogP) is 3.05. The Morgan fingerprint density at radius 1 is 1.09 bits per heavy atom. The highest BCUT2D eigenvalue weighted by Gasteiger charge is 2.05. The number of rotatable bonds is 7. The Balaban J connectivity index is 1.64. The molecule has 0 saturated heterocycles. The lowest BCUT2D eigenvalue weighted by Crippen LogP contribution is -2.32. The first-order valence-corrected chi connectivity index (χ1v) is 7.05. The summed E-state index contributed by atoms with van der Waals surface area (Å²) < 4.78 is 23.6. The number of benzene rings is 2. The van der Waals surface area contributed by atoms with E-state index >= 15 is 0 Å². The van der Waals surface area contributed by atoms with E-state index in [9.17, 15) is 9.18 Å². The van der Waals surface area contributed by atoms with E-state index in [1.807, 2.05) is 30.3 Å². The minimum Gasteiger partial charge on any atom is -0.492 e. The van der Waals surface area contributed by atoms with Crippen LogP contribution in [0, 0.1) is 5.82 Å². The summed E-state index contributed by atoms with van der Waals surface area (Å²) in [4.78, 5) is 11.6. The normalized spacial score (nSPS) is 10.1. The number of hydrogen-bond acceptors (Lipinski definition) is 3. The highest BCUT2D eigenvalue weighted by molar-refractivity contribution is 6.30. The van der Waals surface area contributed by atoms with Crippen molar-refractivity contribution in [3.05, 3.63) is 59.4 Å². The van der Waals surface area contributed by atoms with E-state index in [1.165, 1.54) is 18.2 Å². The van der Waals surface area contributed by atoms with Crippen LogP contribution in [-0.2, 0) is 4.79 Å². The largest absolute Gasteiger partial charge is 0.492 e. The average Bonchev–Trinajstić information content (AvgIpc) is 2.54. The molecule has 0 fully saturated rings. The summed E-state index contributed by atoms with van der Waals surface area (Å²) in [5.74, 6) is 0.254. The van der Waals surface area contributed by atoms with Crippen LogP contribution in [0.1, 0.15) is 0 Å². The van der Waals surface area contributed by atoms with Gasteiger partial charge >= 0.3 is 0 Å². The Kier molecular flexibility index (Phi) is 6.03. The van der Waals surface area contributed by atoms with E-state index in [1.54, 1.807) is 0 Å². The van der Waals surface area contributed by atoms with E-state index in [4.69, 9.17) is 21.1 Å². The third-order valence-electron chi connectivity index (χ3n) is 2.70. The van der Waals surface area contributed by atoms with Gasteiger partial charge in [0.05, 0.1) is 11.6 Å². The maximum absolute atomic E-state index is 13.0. The fraction of sp³-hybridized carbons (Fsp3) is 0.188. The molecule has 22 heavy (non-hydrogen) atoms. The fourth-order valence-corrected chi connectivity index (χ4v) is 1.81. The number of halogens is 2. The Morgan fingerprint density at radius 2 is 1.86 bits per heavy atom. The zero-order valence-electron chi connectivity index (χ0n) is 11.7. The van der Waals surface area contributed by atoms with Crippen molar-refractivity contribution in [3.8, 4) is 11.5 Å². The summed E-state index contributed by atoms with van der Waals surface area (Å²) in [5.41, 5.74) is 0. The molecule has 0 aliphatic heterocycles. The van der Waals surface area contributed by atoms with E-state index in [0.29, 0.717) is 18.9 Å². The van der Waals surface area contributed by atoms with Crippen molar-refractivity contribution < 1.29 is 18.7 Å². The maximum atomic E-state index is 13.0. The van der Waals surface area contributed by atoms with Crippen LogP contribution in [0.5, 0.6) is 11.5 Å². The second-order valence-electron chi connectivity index (χ2n) is 4.38. The molecule has 2 rings (SSSR count). The molecule has 0 unspecified atom stereocenters. The van der Waals surface area contributed by atoms with Crippen molar-refractivity contribution in [1.29, 1.82) is 0 Å². The molecule has 0 radical (unpaired) electrons. The molecule has 116 valence electrons. The zero-order chi connectivity index (χ0) is 15.8. The van der Waals surface area contributed by atoms with Gasteiger partial charge in [-0.25, -0.2) is 4.39 Å². The predicted molar refractivity (Wildman–Crippen MR) is 81.9 cm³/mol. The second kappa shape index (κ2) is 8.24. The van der Waals surface area contributed by atoms with Gasteiger partial charge < -0.3 is 14.8 Å². The van der Waals surface area contributed by atoms with Crippen molar-refractivity contribution in [2.75, 3.05) is 19.8 Å². The quantitative estimate of drug-likeness (QED) is 0.797. The van der Waals surface area contributed by atoms with Gasteiger partial charge in [0.15, 0.2) is 6.61 Å². The molecule has 0 heterocycles. The minimum absolute atomic E-state index is 0.0471. The van der Waals surface area contributed by atoms with Crippen molar-refractivity contribution >= 4 is 17.5 Å². The van der Waals surface area contributed by atoms with Crippen LogP contribution in [0.3, 0.4) is 0 Å². The lowest BCUT2D eigenvalue weighted by atomic mass is 10.3. The van der Waals surface area contributed by atoms with Crippen LogP contribution in [0.15, 0.2) is 48.5 Å². The first kappa shape index (κ1) is 16.1. The van der Waals surface area contributed by atoms with E-state index in [-0.39, 0.29) is 17.5 Å². The van der Waals surface area contributed by atoms with Crippen LogP contribution in [0.25, 0.3) is 0 Å². The van der Waals surface area contributed by atoms with Crippen LogP contribution in [0.4, 0.5) is 4.39 Å². The zero-order valence-corrected chi connectivity index (χ0v) is 12.5. The molecular formula is C16H15ClFNO3. The fourth-order valence-electron chi connectivity index (χ4n) is 1.64. The highest BCUT2D eigenvalue weighted by Crippen LogP contribution is 2.20. The van der Waals surface area contributed by atoms with Crippen LogP contribution in [-0.4, -0.2) is 25.7 Å². The topological polar surface area (TPSA) is 47.6 Å². The first-order valence-electron chi connectivity index (χ1n) is 6.67. The molecule has 0 aromatic heterocycles. The molecule has 2 aromatic carbocycles. The van der Waals surface area contributed by atoms with Gasteiger partial charge in [0.1, 0.15) is 23.9 Å². The standard InChI is InChI=1S/C16H15ClFNO3/c17-14-10-13(6-7-15(14)18)22-11-16(20)19-8-9-21-12-4-2-1-3-5-12/h1-7,10H,8-9,11H2,(H,19,20). The number of para-hydroxylation sites is 1. The maximum Gasteiger partial charge on any atom is 0.258 e. The summed E-state index contributed by atoms with van der Waals surface area (Å²) in [6.45, 7) is 0.548. The number of carbonyl (C=O) groups excluding carboxylic acids is 1. The molecular weight excluding hydrogens is 309 g/mol. The second-order valence-corrected chi connectivity index (χ2v) is 4.78. The van der Waals surface area contributed by atoms with Crippen molar-refractivity contribution in [2.24, 2.45) is 0 Å². The summed E-state index contributed by atoms with van der Waals surface area (Å²) in [6.07, 6.45) is 0. The molecule has 2 aromatic rings. The number of ether oxygens (including phenoxy) is 2. The lowest BCUT2D eigenvalue weighted by molar-refractivity contribution is -0.123. The molecule has 6 heteroatoms. The number of amides is 1. The number of carbonyl (C=O) groups is 1. The van der Waals surface area contributed by atoms with Gasteiger partial charge in [-0.1, -0.05) is 29.8 Å². The van der Waals surface area contributed by atoms with Gasteiger partial charge in [-0.3, -0.25) is 4.79 Å². The van der Waals surface area contributed by atoms with Crippen LogP contribution in [0.2, 0.25) is 5.02 Å². The van der Waals surface area contributed by atoms with Gasteiger partial charge in [-0.2, -0.15) is 0 Å². The molecule has 0 saturated carbocycles. The molecule has 0 bridgehead atoms. The third kappa shape index (κ3) is 5.26. The number of hydrogen-bond donors (Lipinski definition) is 1. The molecule has 1 N–H and O–H groups in total. The molecule has 0 aliphatic rings. The van der Waals surface area contributed by atoms with E-state index in [2.05, 4.69) is 5.32 Å². The Labute approximate surface area is 132 Å². The molecule has 0 atom stereocenters. The van der Waals surface area contributed by atoms with Crippen molar-refractivity contribution in [3.63, 3.8) is 0 Å². The van der Waals surface area contributed by atoms with Gasteiger partial charge in [-0.05, 0) is 24.3 Å². The van der Waals surface area contributed by atoms with Crippen LogP contribution < -0.4 is 14.8 Å². The Morgan fingerprint density at radius 3 is 2.59 bits per heavy atom. The van der Waals surface area contributed by atoms with Gasteiger partial charge in [-0.15, -0.1) is 0 Å². The van der Waals surface area contributed by atoms with Crippen molar-refractivity contribution in [1.82, 2.24) is 5.32 Å². The highest BCUT2D eigenvalue weighted by atomic mass is 35.5. The first-order chi connectivity index (χ1) is 10.6. The summed E-state index contributed by atoms with van der Waals surface area (Å²) >= 11 is 5.62.